The van der Waals surface area contributed by atoms with Gasteiger partial charge in [-0.3, -0.25) is 14.3 Å². The number of carbonyl (C=O) groups excluding carboxylic acids is 2. The molecule has 0 aliphatic heterocycles. The Morgan fingerprint density at radius 3 is 2.92 bits per heavy atom. The van der Waals surface area contributed by atoms with Gasteiger partial charge in [0.1, 0.15) is 0 Å². The van der Waals surface area contributed by atoms with Crippen molar-refractivity contribution in [3.8, 4) is 0 Å². The molecule has 12 heavy (non-hydrogen) atoms. The standard InChI is InChI=1S/C8H8N2O2/c1-10-6-2-3-7(11)8(12)5(6)4-9-10/h4H,2-3H2,1H3. The van der Waals surface area contributed by atoms with Gasteiger partial charge in [-0.25, -0.2) is 0 Å². The number of hydrogen-bond donors (Lipinski definition) is 0. The highest BCUT2D eigenvalue weighted by Crippen LogP contribution is 2.17. The van der Waals surface area contributed by atoms with E-state index in [1.54, 1.807) is 11.7 Å². The maximum atomic E-state index is 11.2. The number of nitrogens with zero attached hydrogens (tertiary/aromatic N) is 2. The molecule has 0 N–H and O–H groups in total. The van der Waals surface area contributed by atoms with E-state index in [0.717, 1.165) is 5.69 Å². The summed E-state index contributed by atoms with van der Waals surface area (Å²) in [5.41, 5.74) is 1.35. The summed E-state index contributed by atoms with van der Waals surface area (Å²) >= 11 is 0. The molecule has 1 aromatic rings. The van der Waals surface area contributed by atoms with Crippen molar-refractivity contribution in [1.29, 1.82) is 0 Å². The van der Waals surface area contributed by atoms with Crippen LogP contribution in [0.5, 0.6) is 0 Å². The van der Waals surface area contributed by atoms with E-state index >= 15 is 0 Å². The van der Waals surface area contributed by atoms with Crippen molar-refractivity contribution < 1.29 is 9.59 Å². The molecule has 4 nitrogen and oxygen atoms in total. The molecule has 0 amide bonds. The number of hydrogen-bond acceptors (Lipinski definition) is 3. The SMILES string of the molecule is Cn1ncc2c1CCC(=O)C2=O. The quantitative estimate of drug-likeness (QED) is 0.512. The fourth-order valence-electron chi connectivity index (χ4n) is 1.44. The van der Waals surface area contributed by atoms with Crippen molar-refractivity contribution in [1.82, 2.24) is 9.78 Å². The van der Waals surface area contributed by atoms with Crippen LogP contribution in [0.1, 0.15) is 22.5 Å². The minimum Gasteiger partial charge on any atom is -0.290 e. The molecule has 1 aromatic heterocycles. The Morgan fingerprint density at radius 2 is 2.17 bits per heavy atom. The Labute approximate surface area is 69.2 Å². The van der Waals surface area contributed by atoms with Crippen molar-refractivity contribution in [3.63, 3.8) is 0 Å². The first-order valence-electron chi connectivity index (χ1n) is 3.78. The molecule has 1 aliphatic carbocycles. The molecule has 0 spiro atoms. The molecule has 0 radical (unpaired) electrons. The molecule has 1 aliphatic rings. The van der Waals surface area contributed by atoms with Gasteiger partial charge in [-0.05, 0) is 6.42 Å². The number of carbonyl (C=O) groups is 2. The summed E-state index contributed by atoms with van der Waals surface area (Å²) in [7, 11) is 1.78. The number of ketones is 2. The summed E-state index contributed by atoms with van der Waals surface area (Å²) in [6, 6.07) is 0. The molecule has 0 unspecified atom stereocenters. The molecule has 4 heteroatoms. The Balaban J connectivity index is 2.57. The summed E-state index contributed by atoms with van der Waals surface area (Å²) in [6.45, 7) is 0. The Bertz CT molecular complexity index is 365. The first kappa shape index (κ1) is 7.21. The van der Waals surface area contributed by atoms with Crippen LogP contribution >= 0.6 is 0 Å². The summed E-state index contributed by atoms with van der Waals surface area (Å²) < 4.78 is 1.65. The lowest BCUT2D eigenvalue weighted by Crippen LogP contribution is -2.22. The van der Waals surface area contributed by atoms with Crippen LogP contribution in [0.15, 0.2) is 6.20 Å². The van der Waals surface area contributed by atoms with E-state index in [1.807, 2.05) is 0 Å². The molecule has 1 heterocycles. The number of Topliss-reactive ketones (excluding diaryl/α,β-unsaturated/α-hetero) is 2. The average molecular weight is 164 g/mol. The van der Waals surface area contributed by atoms with Gasteiger partial charge in [0.2, 0.25) is 11.6 Å². The second kappa shape index (κ2) is 2.27. The van der Waals surface area contributed by atoms with E-state index in [0.29, 0.717) is 18.4 Å². The van der Waals surface area contributed by atoms with Crippen LogP contribution in [-0.2, 0) is 18.3 Å². The van der Waals surface area contributed by atoms with Gasteiger partial charge >= 0.3 is 0 Å². The van der Waals surface area contributed by atoms with E-state index in [-0.39, 0.29) is 11.6 Å². The van der Waals surface area contributed by atoms with Crippen LogP contribution < -0.4 is 0 Å². The van der Waals surface area contributed by atoms with Gasteiger partial charge in [0.15, 0.2) is 0 Å². The largest absolute Gasteiger partial charge is 0.290 e. The van der Waals surface area contributed by atoms with Gasteiger partial charge in [0.05, 0.1) is 11.8 Å². The maximum Gasteiger partial charge on any atom is 0.232 e. The van der Waals surface area contributed by atoms with Crippen LogP contribution in [0, 0.1) is 0 Å². The number of aromatic nitrogens is 2. The molecule has 0 bridgehead atoms. The minimum atomic E-state index is -0.385. The van der Waals surface area contributed by atoms with Crippen LogP contribution in [-0.4, -0.2) is 21.3 Å². The molecule has 2 rings (SSSR count). The number of rotatable bonds is 0. The van der Waals surface area contributed by atoms with Crippen LogP contribution in [0.4, 0.5) is 0 Å². The van der Waals surface area contributed by atoms with Crippen molar-refractivity contribution in [3.05, 3.63) is 17.5 Å². The predicted molar refractivity (Wildman–Crippen MR) is 40.9 cm³/mol. The highest BCUT2D eigenvalue weighted by Gasteiger charge is 2.27. The summed E-state index contributed by atoms with van der Waals surface area (Å²) in [5, 5.41) is 3.93. The summed E-state index contributed by atoms with van der Waals surface area (Å²) in [4.78, 5) is 22.2. The Hall–Kier alpha value is -1.45. The van der Waals surface area contributed by atoms with E-state index < -0.39 is 0 Å². The third kappa shape index (κ3) is 0.809. The molecule has 0 atom stereocenters. The van der Waals surface area contributed by atoms with E-state index in [2.05, 4.69) is 5.10 Å². The van der Waals surface area contributed by atoms with Crippen molar-refractivity contribution >= 4 is 11.6 Å². The first-order chi connectivity index (χ1) is 5.70. The van der Waals surface area contributed by atoms with Gasteiger partial charge in [-0.2, -0.15) is 5.10 Å². The van der Waals surface area contributed by atoms with Crippen molar-refractivity contribution in [2.24, 2.45) is 7.05 Å². The average Bonchev–Trinajstić information content (AvgIpc) is 2.41. The molecule has 0 fully saturated rings. The third-order valence-electron chi connectivity index (χ3n) is 2.15. The molecule has 0 saturated heterocycles. The highest BCUT2D eigenvalue weighted by molar-refractivity contribution is 6.44. The maximum absolute atomic E-state index is 11.2. The van der Waals surface area contributed by atoms with Crippen LogP contribution in [0.2, 0.25) is 0 Å². The zero-order chi connectivity index (χ0) is 8.72. The molecule has 0 saturated carbocycles. The zero-order valence-electron chi connectivity index (χ0n) is 6.70. The lowest BCUT2D eigenvalue weighted by Gasteiger charge is -2.09. The molecular formula is C8H8N2O2. The fraction of sp³-hybridized carbons (Fsp3) is 0.375. The van der Waals surface area contributed by atoms with Gasteiger partial charge in [0, 0.05) is 19.2 Å². The first-order valence-corrected chi connectivity index (χ1v) is 3.78. The molecule has 62 valence electrons. The second-order valence-electron chi connectivity index (χ2n) is 2.88. The minimum absolute atomic E-state index is 0.296. The normalized spacial score (nSPS) is 16.4. The molecule has 0 aromatic carbocycles. The van der Waals surface area contributed by atoms with Gasteiger partial charge in [-0.1, -0.05) is 0 Å². The van der Waals surface area contributed by atoms with E-state index in [1.165, 1.54) is 6.20 Å². The lowest BCUT2D eigenvalue weighted by molar-refractivity contribution is -0.115. The van der Waals surface area contributed by atoms with Crippen molar-refractivity contribution in [2.45, 2.75) is 12.8 Å². The van der Waals surface area contributed by atoms with Gasteiger partial charge in [0.25, 0.3) is 0 Å². The second-order valence-corrected chi connectivity index (χ2v) is 2.88. The molecular weight excluding hydrogens is 156 g/mol. The Morgan fingerprint density at radius 1 is 1.42 bits per heavy atom. The van der Waals surface area contributed by atoms with E-state index in [4.69, 9.17) is 0 Å². The van der Waals surface area contributed by atoms with Gasteiger partial charge in [-0.15, -0.1) is 0 Å². The van der Waals surface area contributed by atoms with Crippen LogP contribution in [0.25, 0.3) is 0 Å². The lowest BCUT2D eigenvalue weighted by atomic mass is 9.96. The number of aryl methyl sites for hydroxylation is 1. The predicted octanol–water partition coefficient (Wildman–Crippen LogP) is 0.118. The zero-order valence-corrected chi connectivity index (χ0v) is 6.70. The fourth-order valence-corrected chi connectivity index (χ4v) is 1.44. The van der Waals surface area contributed by atoms with Crippen LogP contribution in [0.3, 0.4) is 0 Å². The monoisotopic (exact) mass is 164 g/mol. The van der Waals surface area contributed by atoms with Gasteiger partial charge < -0.3 is 0 Å². The number of fused-ring (bicyclic) bond motifs is 1. The van der Waals surface area contributed by atoms with Crippen molar-refractivity contribution in [2.75, 3.05) is 0 Å². The Kier molecular flexibility index (Phi) is 1.36. The smallest absolute Gasteiger partial charge is 0.232 e. The third-order valence-corrected chi connectivity index (χ3v) is 2.15. The summed E-state index contributed by atoms with van der Waals surface area (Å²) in [5.74, 6) is -0.681. The summed E-state index contributed by atoms with van der Waals surface area (Å²) in [6.07, 6.45) is 2.43. The topological polar surface area (TPSA) is 52.0 Å². The highest BCUT2D eigenvalue weighted by atomic mass is 16.2. The van der Waals surface area contributed by atoms with E-state index in [9.17, 15) is 9.59 Å².